The van der Waals surface area contributed by atoms with Gasteiger partial charge in [0.1, 0.15) is 0 Å². The number of halogens is 1. The molecule has 0 atom stereocenters. The molecule has 4 nitrogen and oxygen atoms in total. The van der Waals surface area contributed by atoms with Gasteiger partial charge in [-0.05, 0) is 55.0 Å². The molecule has 0 aromatic heterocycles. The van der Waals surface area contributed by atoms with E-state index < -0.39 is 0 Å². The van der Waals surface area contributed by atoms with E-state index in [9.17, 15) is 9.59 Å². The van der Waals surface area contributed by atoms with Crippen molar-refractivity contribution in [1.82, 2.24) is 10.4 Å². The van der Waals surface area contributed by atoms with Crippen molar-refractivity contribution in [3.63, 3.8) is 0 Å². The van der Waals surface area contributed by atoms with Crippen molar-refractivity contribution in [1.29, 1.82) is 0 Å². The van der Waals surface area contributed by atoms with Crippen LogP contribution in [0.3, 0.4) is 0 Å². The predicted molar refractivity (Wildman–Crippen MR) is 108 cm³/mol. The van der Waals surface area contributed by atoms with E-state index in [0.717, 1.165) is 32.4 Å². The molecule has 1 saturated heterocycles. The molecule has 2 aromatic rings. The fraction of sp³-hybridized carbons (Fsp3) is 0.0556. The molecule has 1 aliphatic rings. The molecule has 25 heavy (non-hydrogen) atoms. The van der Waals surface area contributed by atoms with Crippen LogP contribution in [-0.2, 0) is 4.79 Å². The third kappa shape index (κ3) is 4.18. The monoisotopic (exact) mass is 432 g/mol. The lowest BCUT2D eigenvalue weighted by atomic mass is 10.1. The highest BCUT2D eigenvalue weighted by atomic mass is 79.9. The number of benzene rings is 2. The zero-order valence-corrected chi connectivity index (χ0v) is 16.4. The molecule has 1 N–H and O–H groups in total. The summed E-state index contributed by atoms with van der Waals surface area (Å²) in [6.07, 6.45) is 1.75. The van der Waals surface area contributed by atoms with E-state index in [4.69, 9.17) is 12.2 Å². The summed E-state index contributed by atoms with van der Waals surface area (Å²) >= 11 is 9.76. The SMILES string of the molecule is Cc1ccc(C(=O)NN2C(=O)/C(=C/c3ccc(Br)cc3)SC2=S)cc1. The number of hydrogen-bond acceptors (Lipinski definition) is 4. The van der Waals surface area contributed by atoms with Crippen LogP contribution in [0.1, 0.15) is 21.5 Å². The number of hydrogen-bond donors (Lipinski definition) is 1. The van der Waals surface area contributed by atoms with Crippen LogP contribution < -0.4 is 5.43 Å². The number of carbonyl (C=O) groups excluding carboxylic acids is 2. The van der Waals surface area contributed by atoms with Crippen molar-refractivity contribution >= 4 is 62.1 Å². The lowest BCUT2D eigenvalue weighted by Gasteiger charge is -2.15. The smallest absolute Gasteiger partial charge is 0.267 e. The van der Waals surface area contributed by atoms with E-state index in [0.29, 0.717) is 14.8 Å². The first-order chi connectivity index (χ1) is 11.9. The Morgan fingerprint density at radius 1 is 1.16 bits per heavy atom. The van der Waals surface area contributed by atoms with Crippen LogP contribution in [0.25, 0.3) is 6.08 Å². The van der Waals surface area contributed by atoms with E-state index >= 15 is 0 Å². The van der Waals surface area contributed by atoms with Crippen molar-refractivity contribution in [2.24, 2.45) is 0 Å². The van der Waals surface area contributed by atoms with Crippen LogP contribution >= 0.6 is 39.9 Å². The highest BCUT2D eigenvalue weighted by molar-refractivity contribution is 9.10. The maximum absolute atomic E-state index is 12.5. The van der Waals surface area contributed by atoms with Crippen molar-refractivity contribution in [3.8, 4) is 0 Å². The first-order valence-electron chi connectivity index (χ1n) is 7.35. The topological polar surface area (TPSA) is 49.4 Å². The number of hydrazine groups is 1. The Bertz CT molecular complexity index is 877. The number of aryl methyl sites for hydroxylation is 1. The predicted octanol–water partition coefficient (Wildman–Crippen LogP) is 4.30. The molecule has 126 valence electrons. The van der Waals surface area contributed by atoms with Crippen LogP contribution in [0.4, 0.5) is 0 Å². The maximum atomic E-state index is 12.5. The van der Waals surface area contributed by atoms with Gasteiger partial charge in [0.2, 0.25) is 0 Å². The Balaban J connectivity index is 1.76. The molecule has 2 aromatic carbocycles. The van der Waals surface area contributed by atoms with Crippen LogP contribution in [-0.4, -0.2) is 21.1 Å². The number of rotatable bonds is 3. The molecule has 0 radical (unpaired) electrons. The van der Waals surface area contributed by atoms with E-state index in [1.807, 2.05) is 43.3 Å². The third-order valence-corrected chi connectivity index (χ3v) is 5.32. The van der Waals surface area contributed by atoms with Crippen LogP contribution in [0.2, 0.25) is 0 Å². The quantitative estimate of drug-likeness (QED) is 0.579. The lowest BCUT2D eigenvalue weighted by Crippen LogP contribution is -2.44. The molecule has 0 unspecified atom stereocenters. The molecule has 0 spiro atoms. The summed E-state index contributed by atoms with van der Waals surface area (Å²) < 4.78 is 1.26. The number of amides is 2. The second kappa shape index (κ2) is 7.51. The van der Waals surface area contributed by atoms with E-state index in [1.165, 1.54) is 0 Å². The lowest BCUT2D eigenvalue weighted by molar-refractivity contribution is -0.123. The second-order valence-electron chi connectivity index (χ2n) is 5.38. The van der Waals surface area contributed by atoms with E-state index in [1.54, 1.807) is 18.2 Å². The van der Waals surface area contributed by atoms with Gasteiger partial charge in [0.25, 0.3) is 11.8 Å². The first-order valence-corrected chi connectivity index (χ1v) is 9.37. The van der Waals surface area contributed by atoms with Gasteiger partial charge < -0.3 is 0 Å². The molecule has 7 heteroatoms. The summed E-state index contributed by atoms with van der Waals surface area (Å²) in [6, 6.07) is 14.7. The molecular formula is C18H13BrN2O2S2. The molecule has 1 aliphatic heterocycles. The largest absolute Gasteiger partial charge is 0.285 e. The summed E-state index contributed by atoms with van der Waals surface area (Å²) in [4.78, 5) is 25.3. The van der Waals surface area contributed by atoms with Crippen LogP contribution in [0.5, 0.6) is 0 Å². The van der Waals surface area contributed by atoms with Crippen molar-refractivity contribution in [3.05, 3.63) is 74.6 Å². The number of carbonyl (C=O) groups is 2. The Labute approximate surface area is 163 Å². The number of nitrogens with zero attached hydrogens (tertiary/aromatic N) is 1. The molecule has 0 aliphatic carbocycles. The second-order valence-corrected chi connectivity index (χ2v) is 7.97. The van der Waals surface area contributed by atoms with Gasteiger partial charge in [0.05, 0.1) is 4.91 Å². The summed E-state index contributed by atoms with van der Waals surface area (Å²) in [7, 11) is 0. The van der Waals surface area contributed by atoms with Crippen molar-refractivity contribution in [2.45, 2.75) is 6.92 Å². The van der Waals surface area contributed by atoms with Gasteiger partial charge in [0.15, 0.2) is 4.32 Å². The highest BCUT2D eigenvalue weighted by Gasteiger charge is 2.33. The van der Waals surface area contributed by atoms with Gasteiger partial charge in [-0.3, -0.25) is 15.0 Å². The first kappa shape index (κ1) is 17.8. The minimum atomic E-state index is -0.374. The number of nitrogens with one attached hydrogen (secondary N) is 1. The highest BCUT2D eigenvalue weighted by Crippen LogP contribution is 2.31. The molecule has 1 fully saturated rings. The van der Waals surface area contributed by atoms with Crippen molar-refractivity contribution < 1.29 is 9.59 Å². The van der Waals surface area contributed by atoms with Gasteiger partial charge in [-0.1, -0.05) is 57.5 Å². The Morgan fingerprint density at radius 2 is 1.80 bits per heavy atom. The molecule has 3 rings (SSSR count). The van der Waals surface area contributed by atoms with Gasteiger partial charge in [0, 0.05) is 10.0 Å². The Kier molecular flexibility index (Phi) is 5.36. The molecule has 2 amide bonds. The van der Waals surface area contributed by atoms with Gasteiger partial charge >= 0.3 is 0 Å². The zero-order valence-electron chi connectivity index (χ0n) is 13.2. The fourth-order valence-corrected chi connectivity index (χ4v) is 3.59. The average Bonchev–Trinajstić information content (AvgIpc) is 2.85. The standard InChI is InChI=1S/C18H13BrN2O2S2/c1-11-2-6-13(7-3-11)16(22)20-21-17(23)15(25-18(21)24)10-12-4-8-14(19)9-5-12/h2-10H,1H3,(H,20,22)/b15-10-. The Hall–Kier alpha value is -1.96. The molecule has 0 saturated carbocycles. The van der Waals surface area contributed by atoms with Crippen LogP contribution in [0, 0.1) is 6.92 Å². The summed E-state index contributed by atoms with van der Waals surface area (Å²) in [6.45, 7) is 1.94. The Morgan fingerprint density at radius 3 is 2.44 bits per heavy atom. The normalized spacial score (nSPS) is 15.8. The molecule has 0 bridgehead atoms. The van der Waals surface area contributed by atoms with Gasteiger partial charge in [-0.25, -0.2) is 0 Å². The minimum absolute atomic E-state index is 0.300. The van der Waals surface area contributed by atoms with Gasteiger partial charge in [-0.15, -0.1) is 0 Å². The molecular weight excluding hydrogens is 420 g/mol. The third-order valence-electron chi connectivity index (χ3n) is 3.49. The summed E-state index contributed by atoms with van der Waals surface area (Å²) in [5.74, 6) is -0.709. The van der Waals surface area contributed by atoms with E-state index in [2.05, 4.69) is 21.4 Å². The van der Waals surface area contributed by atoms with Crippen molar-refractivity contribution in [2.75, 3.05) is 0 Å². The fourth-order valence-electron chi connectivity index (χ4n) is 2.15. The number of thioether (sulfide) groups is 1. The molecule has 1 heterocycles. The summed E-state index contributed by atoms with van der Waals surface area (Å²) in [5, 5.41) is 1.12. The zero-order chi connectivity index (χ0) is 18.0. The van der Waals surface area contributed by atoms with E-state index in [-0.39, 0.29) is 11.8 Å². The maximum Gasteiger partial charge on any atom is 0.285 e. The number of thiocarbonyl (C=S) groups is 1. The summed E-state index contributed by atoms with van der Waals surface area (Å²) in [5.41, 5.74) is 4.98. The average molecular weight is 433 g/mol. The minimum Gasteiger partial charge on any atom is -0.267 e. The van der Waals surface area contributed by atoms with Gasteiger partial charge in [-0.2, -0.15) is 5.01 Å². The van der Waals surface area contributed by atoms with Crippen LogP contribution in [0.15, 0.2) is 57.9 Å².